The number of hydrogen-bond donors (Lipinski definition) is 0. The molecule has 5 heteroatoms. The molecule has 3 nitrogen and oxygen atoms in total. The minimum Gasteiger partial charge on any atom is -0.337 e. The Morgan fingerprint density at radius 3 is 2.75 bits per heavy atom. The van der Waals surface area contributed by atoms with Crippen LogP contribution in [0.3, 0.4) is 0 Å². The first-order valence-electron chi connectivity index (χ1n) is 4.82. The Kier molecular flexibility index (Phi) is 2.92. The van der Waals surface area contributed by atoms with Crippen LogP contribution in [-0.2, 0) is 0 Å². The average molecular weight is 241 g/mol. The van der Waals surface area contributed by atoms with E-state index in [9.17, 15) is 4.39 Å². The maximum Gasteiger partial charge on any atom is 0.244 e. The van der Waals surface area contributed by atoms with Crippen LogP contribution in [-0.4, -0.2) is 10.1 Å². The molecule has 0 bridgehead atoms. The molecule has 0 saturated carbocycles. The molecule has 1 atom stereocenters. The summed E-state index contributed by atoms with van der Waals surface area (Å²) in [6.07, 6.45) is 0. The van der Waals surface area contributed by atoms with Crippen molar-refractivity contribution in [1.82, 2.24) is 10.1 Å². The molecule has 0 saturated heterocycles. The van der Waals surface area contributed by atoms with E-state index in [2.05, 4.69) is 10.1 Å². The highest BCUT2D eigenvalue weighted by Crippen LogP contribution is 2.23. The molecule has 0 aliphatic carbocycles. The van der Waals surface area contributed by atoms with Gasteiger partial charge in [-0.3, -0.25) is 0 Å². The van der Waals surface area contributed by atoms with Gasteiger partial charge >= 0.3 is 0 Å². The molecular formula is C11H10ClFN2O. The van der Waals surface area contributed by atoms with E-state index in [0.29, 0.717) is 22.8 Å². The highest BCUT2D eigenvalue weighted by Gasteiger charge is 2.13. The van der Waals surface area contributed by atoms with E-state index in [1.165, 1.54) is 6.07 Å². The van der Waals surface area contributed by atoms with E-state index in [1.54, 1.807) is 26.0 Å². The Bertz CT molecular complexity index is 510. The molecule has 0 fully saturated rings. The van der Waals surface area contributed by atoms with Crippen molar-refractivity contribution in [3.63, 3.8) is 0 Å². The largest absolute Gasteiger partial charge is 0.337 e. The van der Waals surface area contributed by atoms with Gasteiger partial charge in [-0.25, -0.2) is 4.39 Å². The maximum absolute atomic E-state index is 13.3. The van der Waals surface area contributed by atoms with Gasteiger partial charge in [0.2, 0.25) is 11.7 Å². The SMILES string of the molecule is Cc1ccc(-c2noc([C@H](C)Cl)n2)cc1F. The fourth-order valence-corrected chi connectivity index (χ4v) is 1.33. The second kappa shape index (κ2) is 4.22. The third-order valence-electron chi connectivity index (χ3n) is 2.21. The zero-order valence-electron chi connectivity index (χ0n) is 8.87. The molecule has 0 unspecified atom stereocenters. The van der Waals surface area contributed by atoms with Crippen LogP contribution in [0.2, 0.25) is 0 Å². The number of aryl methyl sites for hydroxylation is 1. The van der Waals surface area contributed by atoms with E-state index in [-0.39, 0.29) is 11.2 Å². The van der Waals surface area contributed by atoms with Crippen molar-refractivity contribution in [3.8, 4) is 11.4 Å². The molecule has 0 aliphatic rings. The van der Waals surface area contributed by atoms with Crippen LogP contribution >= 0.6 is 11.6 Å². The third-order valence-corrected chi connectivity index (χ3v) is 2.40. The van der Waals surface area contributed by atoms with Gasteiger partial charge in [-0.2, -0.15) is 4.98 Å². The average Bonchev–Trinajstić information content (AvgIpc) is 2.71. The number of halogens is 2. The summed E-state index contributed by atoms with van der Waals surface area (Å²) in [7, 11) is 0. The molecule has 2 rings (SSSR count). The van der Waals surface area contributed by atoms with Gasteiger partial charge in [0.1, 0.15) is 11.2 Å². The highest BCUT2D eigenvalue weighted by atomic mass is 35.5. The van der Waals surface area contributed by atoms with Crippen LogP contribution in [0.25, 0.3) is 11.4 Å². The maximum atomic E-state index is 13.3. The van der Waals surface area contributed by atoms with Crippen molar-refractivity contribution < 1.29 is 8.91 Å². The van der Waals surface area contributed by atoms with Crippen LogP contribution in [0.15, 0.2) is 22.7 Å². The summed E-state index contributed by atoms with van der Waals surface area (Å²) in [4.78, 5) is 4.07. The summed E-state index contributed by atoms with van der Waals surface area (Å²) in [5.74, 6) is 0.391. The van der Waals surface area contributed by atoms with Crippen molar-refractivity contribution in [2.24, 2.45) is 0 Å². The van der Waals surface area contributed by atoms with E-state index in [0.717, 1.165) is 0 Å². The summed E-state index contributed by atoms with van der Waals surface area (Å²) < 4.78 is 18.3. The van der Waals surface area contributed by atoms with E-state index in [4.69, 9.17) is 16.1 Å². The minimum absolute atomic E-state index is 0.289. The van der Waals surface area contributed by atoms with Gasteiger partial charge in [0, 0.05) is 5.56 Å². The molecule has 0 spiro atoms. The fraction of sp³-hybridized carbons (Fsp3) is 0.273. The topological polar surface area (TPSA) is 38.9 Å². The van der Waals surface area contributed by atoms with Gasteiger partial charge in [0.25, 0.3) is 0 Å². The number of aromatic nitrogens is 2. The Balaban J connectivity index is 2.39. The number of rotatable bonds is 2. The van der Waals surface area contributed by atoms with E-state index >= 15 is 0 Å². The van der Waals surface area contributed by atoms with Gasteiger partial charge in [0.15, 0.2) is 0 Å². The molecule has 2 aromatic rings. The molecule has 0 N–H and O–H groups in total. The molecule has 16 heavy (non-hydrogen) atoms. The number of nitrogens with zero attached hydrogens (tertiary/aromatic N) is 2. The van der Waals surface area contributed by atoms with Crippen LogP contribution < -0.4 is 0 Å². The monoisotopic (exact) mass is 240 g/mol. The second-order valence-corrected chi connectivity index (χ2v) is 4.19. The summed E-state index contributed by atoms with van der Waals surface area (Å²) in [6.45, 7) is 3.43. The highest BCUT2D eigenvalue weighted by molar-refractivity contribution is 6.20. The Morgan fingerprint density at radius 2 is 2.19 bits per heavy atom. The first-order chi connectivity index (χ1) is 7.58. The molecule has 0 amide bonds. The van der Waals surface area contributed by atoms with Crippen molar-refractivity contribution in [1.29, 1.82) is 0 Å². The first kappa shape index (κ1) is 11.1. The molecule has 0 aliphatic heterocycles. The van der Waals surface area contributed by atoms with Crippen molar-refractivity contribution >= 4 is 11.6 Å². The zero-order valence-corrected chi connectivity index (χ0v) is 9.62. The second-order valence-electron chi connectivity index (χ2n) is 3.54. The lowest BCUT2D eigenvalue weighted by Crippen LogP contribution is -1.87. The lowest BCUT2D eigenvalue weighted by Gasteiger charge is -1.97. The van der Waals surface area contributed by atoms with Crippen molar-refractivity contribution in [2.75, 3.05) is 0 Å². The van der Waals surface area contributed by atoms with Gasteiger partial charge < -0.3 is 4.52 Å². The van der Waals surface area contributed by atoms with E-state index in [1.807, 2.05) is 0 Å². The quantitative estimate of drug-likeness (QED) is 0.755. The van der Waals surface area contributed by atoms with Crippen molar-refractivity contribution in [2.45, 2.75) is 19.2 Å². The minimum atomic E-state index is -0.350. The third kappa shape index (κ3) is 2.07. The molecule has 1 aromatic heterocycles. The standard InChI is InChI=1S/C11H10ClFN2O/c1-6-3-4-8(5-9(6)13)10-14-11(7(2)12)16-15-10/h3-5,7H,1-2H3/t7-/m0/s1. The van der Waals surface area contributed by atoms with Crippen molar-refractivity contribution in [3.05, 3.63) is 35.5 Å². The molecule has 0 radical (unpaired) electrons. The lowest BCUT2D eigenvalue weighted by molar-refractivity contribution is 0.379. The molecule has 1 heterocycles. The number of benzene rings is 1. The zero-order chi connectivity index (χ0) is 11.7. The number of hydrogen-bond acceptors (Lipinski definition) is 3. The lowest BCUT2D eigenvalue weighted by atomic mass is 10.1. The van der Waals surface area contributed by atoms with Crippen LogP contribution in [0.4, 0.5) is 4.39 Å². The van der Waals surface area contributed by atoms with Gasteiger partial charge in [-0.15, -0.1) is 11.6 Å². The first-order valence-corrected chi connectivity index (χ1v) is 5.26. The Morgan fingerprint density at radius 1 is 1.44 bits per heavy atom. The summed E-state index contributed by atoms with van der Waals surface area (Å²) in [6, 6.07) is 4.79. The fourth-order valence-electron chi connectivity index (χ4n) is 1.25. The van der Waals surface area contributed by atoms with Crippen LogP contribution in [0, 0.1) is 12.7 Å². The predicted octanol–water partition coefficient (Wildman–Crippen LogP) is 3.48. The normalized spacial score (nSPS) is 12.8. The van der Waals surface area contributed by atoms with Gasteiger partial charge in [-0.1, -0.05) is 17.3 Å². The Labute approximate surface area is 97.2 Å². The van der Waals surface area contributed by atoms with Gasteiger partial charge in [-0.05, 0) is 25.5 Å². The summed E-state index contributed by atoms with van der Waals surface area (Å²) >= 11 is 5.79. The van der Waals surface area contributed by atoms with Gasteiger partial charge in [0.05, 0.1) is 0 Å². The molecular weight excluding hydrogens is 231 g/mol. The molecule has 84 valence electrons. The number of alkyl halides is 1. The summed E-state index contributed by atoms with van der Waals surface area (Å²) in [5, 5.41) is 3.39. The molecule has 1 aromatic carbocycles. The van der Waals surface area contributed by atoms with E-state index < -0.39 is 0 Å². The summed E-state index contributed by atoms with van der Waals surface area (Å²) in [5.41, 5.74) is 1.16. The predicted molar refractivity (Wildman–Crippen MR) is 58.7 cm³/mol. The van der Waals surface area contributed by atoms with Crippen LogP contribution in [0.1, 0.15) is 23.8 Å². The smallest absolute Gasteiger partial charge is 0.244 e. The van der Waals surface area contributed by atoms with Crippen LogP contribution in [0.5, 0.6) is 0 Å². The Hall–Kier alpha value is -1.42.